The van der Waals surface area contributed by atoms with Crippen LogP contribution < -0.4 is 5.32 Å². The summed E-state index contributed by atoms with van der Waals surface area (Å²) < 4.78 is 6.27. The summed E-state index contributed by atoms with van der Waals surface area (Å²) in [6, 6.07) is 16.4. The Balaban J connectivity index is 1.19. The molecule has 2 aliphatic heterocycles. The van der Waals surface area contributed by atoms with Gasteiger partial charge in [-0.25, -0.2) is 4.99 Å². The highest BCUT2D eigenvalue weighted by Gasteiger charge is 2.39. The molecule has 1 N–H and O–H groups in total. The first-order chi connectivity index (χ1) is 14.8. The lowest BCUT2D eigenvalue weighted by Gasteiger charge is -2.14. The van der Waals surface area contributed by atoms with Gasteiger partial charge in [0.05, 0.1) is 17.3 Å². The number of para-hydroxylation sites is 1. The Bertz CT molecular complexity index is 956. The van der Waals surface area contributed by atoms with Gasteiger partial charge in [0.15, 0.2) is 0 Å². The summed E-state index contributed by atoms with van der Waals surface area (Å²) in [5.74, 6) is 1.98. The summed E-state index contributed by atoms with van der Waals surface area (Å²) in [6.45, 7) is 0. The standard InChI is InChI=1S/C24H26N2O2S2/c27-22(12-6-2-8-17-13-14-29-30-17)25-20-11-5-4-10-19(20)24-26-21-15-16-7-1-3-9-18(16)23(21)28-24/h1,3-5,7,9-11,17,21,23H,2,6,8,12-15H2,(H,25,27)/t17-,21-,23+/m1/s1. The Morgan fingerprint density at radius 1 is 1.13 bits per heavy atom. The Hall–Kier alpha value is -1.92. The van der Waals surface area contributed by atoms with Crippen LogP contribution in [0.1, 0.15) is 54.9 Å². The number of aliphatic imine (C=N–C) groups is 1. The summed E-state index contributed by atoms with van der Waals surface area (Å²) >= 11 is 0. The SMILES string of the molecule is O=C(CCCC[C@@H]1CCSS1)Nc1ccccc1C1=N[C@@H]2Cc3ccccc3[C@@H]2O1. The van der Waals surface area contributed by atoms with E-state index in [0.29, 0.717) is 12.3 Å². The summed E-state index contributed by atoms with van der Waals surface area (Å²) in [4.78, 5) is 17.4. The fourth-order valence-corrected chi connectivity index (χ4v) is 7.47. The van der Waals surface area contributed by atoms with Crippen LogP contribution in [0.2, 0.25) is 0 Å². The van der Waals surface area contributed by atoms with Crippen LogP contribution in [0.4, 0.5) is 5.69 Å². The second kappa shape index (κ2) is 9.06. The van der Waals surface area contributed by atoms with Crippen LogP contribution in [-0.4, -0.2) is 28.8 Å². The molecule has 3 aliphatic rings. The molecule has 0 saturated carbocycles. The van der Waals surface area contributed by atoms with Crippen molar-refractivity contribution in [2.75, 3.05) is 11.1 Å². The molecule has 3 atom stereocenters. The second-order valence-corrected chi connectivity index (χ2v) is 10.9. The number of ether oxygens (including phenoxy) is 1. The first kappa shape index (κ1) is 20.0. The molecule has 30 heavy (non-hydrogen) atoms. The number of nitrogens with one attached hydrogen (secondary N) is 1. The number of anilines is 1. The maximum Gasteiger partial charge on any atom is 0.224 e. The van der Waals surface area contributed by atoms with Gasteiger partial charge in [-0.1, -0.05) is 64.4 Å². The number of fused-ring (bicyclic) bond motifs is 3. The lowest BCUT2D eigenvalue weighted by atomic mass is 10.1. The molecule has 0 unspecified atom stereocenters. The van der Waals surface area contributed by atoms with Crippen LogP contribution in [0.15, 0.2) is 53.5 Å². The van der Waals surface area contributed by atoms with E-state index in [9.17, 15) is 4.79 Å². The summed E-state index contributed by atoms with van der Waals surface area (Å²) in [6.07, 6.45) is 6.05. The predicted molar refractivity (Wildman–Crippen MR) is 126 cm³/mol. The van der Waals surface area contributed by atoms with Crippen LogP contribution in [0.5, 0.6) is 0 Å². The van der Waals surface area contributed by atoms with Crippen molar-refractivity contribution < 1.29 is 9.53 Å². The van der Waals surface area contributed by atoms with E-state index < -0.39 is 0 Å². The fourth-order valence-electron chi connectivity index (χ4n) is 4.44. The Kier molecular flexibility index (Phi) is 6.05. The van der Waals surface area contributed by atoms with Gasteiger partial charge in [-0.15, -0.1) is 0 Å². The number of nitrogens with zero attached hydrogens (tertiary/aromatic N) is 1. The molecule has 1 amide bonds. The Labute approximate surface area is 185 Å². The third kappa shape index (κ3) is 4.26. The molecule has 0 aromatic heterocycles. The van der Waals surface area contributed by atoms with Gasteiger partial charge in [-0.05, 0) is 48.9 Å². The number of carbonyl (C=O) groups is 1. The van der Waals surface area contributed by atoms with Gasteiger partial charge in [0.2, 0.25) is 11.8 Å². The van der Waals surface area contributed by atoms with Crippen molar-refractivity contribution in [1.29, 1.82) is 0 Å². The molecular formula is C24H26N2O2S2. The molecule has 0 bridgehead atoms. The fraction of sp³-hybridized carbons (Fsp3) is 0.417. The molecule has 5 rings (SSSR count). The van der Waals surface area contributed by atoms with Crippen molar-refractivity contribution in [3.63, 3.8) is 0 Å². The maximum absolute atomic E-state index is 12.5. The number of unbranched alkanes of at least 4 members (excludes halogenated alkanes) is 1. The topological polar surface area (TPSA) is 50.7 Å². The molecule has 156 valence electrons. The number of hydrogen-bond acceptors (Lipinski definition) is 5. The van der Waals surface area contributed by atoms with Crippen LogP contribution >= 0.6 is 21.6 Å². The average Bonchev–Trinajstić information content (AvgIpc) is 3.48. The van der Waals surface area contributed by atoms with E-state index in [-0.39, 0.29) is 18.1 Å². The van der Waals surface area contributed by atoms with E-state index in [1.54, 1.807) is 0 Å². The first-order valence-electron chi connectivity index (χ1n) is 10.8. The van der Waals surface area contributed by atoms with Crippen molar-refractivity contribution >= 4 is 39.1 Å². The molecule has 0 radical (unpaired) electrons. The minimum atomic E-state index is -0.00780. The molecule has 2 heterocycles. The zero-order valence-electron chi connectivity index (χ0n) is 16.9. The van der Waals surface area contributed by atoms with E-state index in [1.807, 2.05) is 45.9 Å². The van der Waals surface area contributed by atoms with Crippen LogP contribution in [0.25, 0.3) is 0 Å². The van der Waals surface area contributed by atoms with E-state index in [4.69, 9.17) is 9.73 Å². The lowest BCUT2D eigenvalue weighted by Crippen LogP contribution is -2.15. The van der Waals surface area contributed by atoms with Crippen molar-refractivity contribution in [1.82, 2.24) is 0 Å². The number of amides is 1. The summed E-state index contributed by atoms with van der Waals surface area (Å²) in [5.41, 5.74) is 4.22. The quantitative estimate of drug-likeness (QED) is 0.440. The minimum Gasteiger partial charge on any atom is -0.467 e. The van der Waals surface area contributed by atoms with E-state index in [0.717, 1.165) is 35.8 Å². The molecule has 2 aromatic carbocycles. The largest absolute Gasteiger partial charge is 0.467 e. The molecule has 1 saturated heterocycles. The van der Waals surface area contributed by atoms with Crippen molar-refractivity contribution in [2.45, 2.75) is 55.9 Å². The minimum absolute atomic E-state index is 0.00780. The van der Waals surface area contributed by atoms with E-state index >= 15 is 0 Å². The zero-order chi connectivity index (χ0) is 20.3. The van der Waals surface area contributed by atoms with E-state index in [1.165, 1.54) is 29.7 Å². The summed E-state index contributed by atoms with van der Waals surface area (Å²) in [5, 5.41) is 3.87. The monoisotopic (exact) mass is 438 g/mol. The third-order valence-corrected chi connectivity index (χ3v) is 9.01. The molecule has 1 aliphatic carbocycles. The van der Waals surface area contributed by atoms with Crippen LogP contribution in [0.3, 0.4) is 0 Å². The van der Waals surface area contributed by atoms with Crippen LogP contribution in [0, 0.1) is 0 Å². The molecule has 1 fully saturated rings. The van der Waals surface area contributed by atoms with Crippen molar-refractivity contribution in [3.8, 4) is 0 Å². The second-order valence-electron chi connectivity index (χ2n) is 8.11. The van der Waals surface area contributed by atoms with Gasteiger partial charge in [-0.3, -0.25) is 4.79 Å². The van der Waals surface area contributed by atoms with Gasteiger partial charge < -0.3 is 10.1 Å². The number of carbonyl (C=O) groups excluding carboxylic acids is 1. The molecular weight excluding hydrogens is 412 g/mol. The van der Waals surface area contributed by atoms with Crippen molar-refractivity contribution in [3.05, 3.63) is 65.2 Å². The number of benzene rings is 2. The molecule has 2 aromatic rings. The highest BCUT2D eigenvalue weighted by molar-refractivity contribution is 8.77. The van der Waals surface area contributed by atoms with E-state index in [2.05, 4.69) is 29.6 Å². The number of rotatable bonds is 7. The predicted octanol–water partition coefficient (Wildman–Crippen LogP) is 5.78. The Morgan fingerprint density at radius 3 is 2.90 bits per heavy atom. The van der Waals surface area contributed by atoms with Gasteiger partial charge in [-0.2, -0.15) is 0 Å². The highest BCUT2D eigenvalue weighted by atomic mass is 33.1. The smallest absolute Gasteiger partial charge is 0.224 e. The molecule has 0 spiro atoms. The normalized spacial score (nSPS) is 24.1. The molecule has 4 nitrogen and oxygen atoms in total. The lowest BCUT2D eigenvalue weighted by molar-refractivity contribution is -0.116. The molecule has 6 heteroatoms. The van der Waals surface area contributed by atoms with Crippen molar-refractivity contribution in [2.24, 2.45) is 4.99 Å². The summed E-state index contributed by atoms with van der Waals surface area (Å²) in [7, 11) is 3.99. The van der Waals surface area contributed by atoms with Gasteiger partial charge >= 0.3 is 0 Å². The maximum atomic E-state index is 12.5. The van der Waals surface area contributed by atoms with Crippen LogP contribution in [-0.2, 0) is 16.0 Å². The van der Waals surface area contributed by atoms with Gasteiger partial charge in [0, 0.05) is 17.4 Å². The first-order valence-corrected chi connectivity index (χ1v) is 13.2. The number of hydrogen-bond donors (Lipinski definition) is 1. The zero-order valence-corrected chi connectivity index (χ0v) is 18.5. The Morgan fingerprint density at radius 2 is 2.00 bits per heavy atom. The average molecular weight is 439 g/mol. The third-order valence-electron chi connectivity index (χ3n) is 6.00. The van der Waals surface area contributed by atoms with Gasteiger partial charge in [0.1, 0.15) is 6.10 Å². The van der Waals surface area contributed by atoms with Gasteiger partial charge in [0.25, 0.3) is 0 Å². The highest BCUT2D eigenvalue weighted by Crippen LogP contribution is 2.41.